The van der Waals surface area contributed by atoms with Crippen molar-refractivity contribution in [1.82, 2.24) is 15.3 Å². The fraction of sp³-hybridized carbons (Fsp3) is 0.308. The van der Waals surface area contributed by atoms with E-state index in [4.69, 9.17) is 5.21 Å². The number of amides is 1. The van der Waals surface area contributed by atoms with Crippen molar-refractivity contribution in [3.8, 4) is 0 Å². The van der Waals surface area contributed by atoms with Crippen molar-refractivity contribution in [2.75, 3.05) is 13.1 Å². The molecule has 0 spiro atoms. The molecule has 0 saturated carbocycles. The molecule has 0 radical (unpaired) electrons. The van der Waals surface area contributed by atoms with Crippen molar-refractivity contribution in [2.24, 2.45) is 0 Å². The minimum absolute atomic E-state index is 0.347. The van der Waals surface area contributed by atoms with E-state index in [1.165, 1.54) is 0 Å². The molecule has 0 unspecified atom stereocenters. The third-order valence-electron chi connectivity index (χ3n) is 6.43. The molecule has 6 nitrogen and oxygen atoms in total. The van der Waals surface area contributed by atoms with Gasteiger partial charge in [-0.2, -0.15) is 0 Å². The maximum atomic E-state index is 11.9. The number of fused-ring (bicyclic) bond motifs is 1. The standard InChI is InChI=1S/C26H29N3O3/c1-18-13-28(16-23-12-11-21-5-3-4-6-24(21)25(23)17-30)14-19(2)29(18)15-20-7-9-22(10-8-20)26(31)27-32/h3-12,17-19,32H,13-16H2,1-2H3,(H,27,31)/t18-,19+. The van der Waals surface area contributed by atoms with Gasteiger partial charge in [-0.05, 0) is 47.9 Å². The summed E-state index contributed by atoms with van der Waals surface area (Å²) in [5.41, 5.74) is 5.09. The third-order valence-corrected chi connectivity index (χ3v) is 6.43. The van der Waals surface area contributed by atoms with Crippen molar-refractivity contribution in [3.63, 3.8) is 0 Å². The predicted molar refractivity (Wildman–Crippen MR) is 125 cm³/mol. The van der Waals surface area contributed by atoms with Gasteiger partial charge in [0, 0.05) is 49.4 Å². The molecule has 1 saturated heterocycles. The number of piperazine rings is 1. The van der Waals surface area contributed by atoms with Crippen LogP contribution in [0, 0.1) is 0 Å². The largest absolute Gasteiger partial charge is 0.298 e. The average molecular weight is 432 g/mol. The van der Waals surface area contributed by atoms with Crippen LogP contribution in [0.1, 0.15) is 45.7 Å². The number of hydrogen-bond donors (Lipinski definition) is 2. The van der Waals surface area contributed by atoms with Gasteiger partial charge in [0.25, 0.3) is 5.91 Å². The van der Waals surface area contributed by atoms with E-state index >= 15 is 0 Å². The highest BCUT2D eigenvalue weighted by atomic mass is 16.5. The van der Waals surface area contributed by atoms with E-state index in [2.05, 4.69) is 35.8 Å². The van der Waals surface area contributed by atoms with E-state index in [1.807, 2.05) is 36.4 Å². The van der Waals surface area contributed by atoms with Crippen molar-refractivity contribution in [3.05, 3.63) is 82.9 Å². The lowest BCUT2D eigenvalue weighted by Crippen LogP contribution is -2.55. The molecule has 3 aromatic carbocycles. The summed E-state index contributed by atoms with van der Waals surface area (Å²) in [7, 11) is 0. The second-order valence-corrected chi connectivity index (χ2v) is 8.68. The Balaban J connectivity index is 1.45. The molecule has 4 rings (SSSR count). The minimum Gasteiger partial charge on any atom is -0.298 e. The van der Waals surface area contributed by atoms with E-state index in [-0.39, 0.29) is 0 Å². The molecular formula is C26H29N3O3. The molecule has 1 amide bonds. The monoisotopic (exact) mass is 431 g/mol. The second-order valence-electron chi connectivity index (χ2n) is 8.68. The highest BCUT2D eigenvalue weighted by molar-refractivity contribution is 5.99. The van der Waals surface area contributed by atoms with Gasteiger partial charge in [0.05, 0.1) is 0 Å². The fourth-order valence-electron chi connectivity index (χ4n) is 4.80. The van der Waals surface area contributed by atoms with Gasteiger partial charge in [-0.15, -0.1) is 0 Å². The Morgan fingerprint density at radius 1 is 1.00 bits per heavy atom. The van der Waals surface area contributed by atoms with E-state index in [0.717, 1.165) is 59.9 Å². The van der Waals surface area contributed by atoms with Crippen LogP contribution >= 0.6 is 0 Å². The first-order valence-corrected chi connectivity index (χ1v) is 11.0. The van der Waals surface area contributed by atoms with Gasteiger partial charge in [0.1, 0.15) is 0 Å². The molecule has 2 atom stereocenters. The number of hydrogen-bond acceptors (Lipinski definition) is 5. The Labute approximate surface area is 188 Å². The van der Waals surface area contributed by atoms with Gasteiger partial charge in [-0.1, -0.05) is 48.5 Å². The number of rotatable bonds is 6. The first kappa shape index (κ1) is 22.1. The van der Waals surface area contributed by atoms with Gasteiger partial charge in [-0.3, -0.25) is 24.6 Å². The van der Waals surface area contributed by atoms with E-state index in [9.17, 15) is 9.59 Å². The van der Waals surface area contributed by atoms with Crippen molar-refractivity contribution in [1.29, 1.82) is 0 Å². The SMILES string of the molecule is C[C@@H]1CN(Cc2ccc3ccccc3c2C=O)C[C@H](C)N1Cc1ccc(C(=O)NO)cc1. The predicted octanol–water partition coefficient (Wildman–Crippen LogP) is 3.87. The zero-order valence-corrected chi connectivity index (χ0v) is 18.5. The van der Waals surface area contributed by atoms with Crippen molar-refractivity contribution < 1.29 is 14.8 Å². The Morgan fingerprint density at radius 2 is 1.69 bits per heavy atom. The van der Waals surface area contributed by atoms with Gasteiger partial charge in [0.2, 0.25) is 0 Å². The molecule has 1 fully saturated rings. The highest BCUT2D eigenvalue weighted by Gasteiger charge is 2.29. The minimum atomic E-state index is -0.504. The summed E-state index contributed by atoms with van der Waals surface area (Å²) in [6.45, 7) is 7.86. The zero-order valence-electron chi connectivity index (χ0n) is 18.5. The first-order valence-electron chi connectivity index (χ1n) is 11.0. The van der Waals surface area contributed by atoms with Crippen molar-refractivity contribution in [2.45, 2.75) is 39.0 Å². The number of carbonyl (C=O) groups excluding carboxylic acids is 2. The highest BCUT2D eigenvalue weighted by Crippen LogP contribution is 2.25. The molecule has 0 bridgehead atoms. The van der Waals surface area contributed by atoms with E-state index < -0.39 is 5.91 Å². The third kappa shape index (κ3) is 4.58. The molecule has 1 aliphatic heterocycles. The lowest BCUT2D eigenvalue weighted by atomic mass is 9.98. The van der Waals surface area contributed by atoms with E-state index in [1.54, 1.807) is 17.6 Å². The van der Waals surface area contributed by atoms with Crippen LogP contribution in [-0.4, -0.2) is 52.4 Å². The average Bonchev–Trinajstić information content (AvgIpc) is 2.81. The van der Waals surface area contributed by atoms with Crippen LogP contribution in [0.25, 0.3) is 10.8 Å². The maximum Gasteiger partial charge on any atom is 0.274 e. The Morgan fingerprint density at radius 3 is 2.34 bits per heavy atom. The Bertz CT molecular complexity index is 1100. The molecule has 1 heterocycles. The van der Waals surface area contributed by atoms with Crippen LogP contribution in [0.3, 0.4) is 0 Å². The summed E-state index contributed by atoms with van der Waals surface area (Å²) >= 11 is 0. The number of nitrogens with one attached hydrogen (secondary N) is 1. The van der Waals surface area contributed by atoms with Crippen LogP contribution in [0.15, 0.2) is 60.7 Å². The second kappa shape index (κ2) is 9.61. The molecule has 166 valence electrons. The summed E-state index contributed by atoms with van der Waals surface area (Å²) in [5.74, 6) is -0.504. The lowest BCUT2D eigenvalue weighted by molar-refractivity contribution is 0.0289. The van der Waals surface area contributed by atoms with Crippen molar-refractivity contribution >= 4 is 23.0 Å². The molecule has 0 aliphatic carbocycles. The molecule has 3 aromatic rings. The Kier molecular flexibility index (Phi) is 6.65. The normalized spacial score (nSPS) is 19.7. The summed E-state index contributed by atoms with van der Waals surface area (Å²) in [5, 5.41) is 10.9. The van der Waals surface area contributed by atoms with Gasteiger partial charge < -0.3 is 0 Å². The van der Waals surface area contributed by atoms with Gasteiger partial charge in [0.15, 0.2) is 6.29 Å². The molecule has 1 aliphatic rings. The fourth-order valence-corrected chi connectivity index (χ4v) is 4.80. The quantitative estimate of drug-likeness (QED) is 0.352. The maximum absolute atomic E-state index is 11.9. The zero-order chi connectivity index (χ0) is 22.7. The first-order chi connectivity index (χ1) is 15.5. The van der Waals surface area contributed by atoms with E-state index in [0.29, 0.717) is 17.6 Å². The summed E-state index contributed by atoms with van der Waals surface area (Å²) < 4.78 is 0. The summed E-state index contributed by atoms with van der Waals surface area (Å²) in [4.78, 5) is 28.3. The van der Waals surface area contributed by atoms with Crippen LogP contribution < -0.4 is 5.48 Å². The van der Waals surface area contributed by atoms with Gasteiger partial charge >= 0.3 is 0 Å². The van der Waals surface area contributed by atoms with Crippen LogP contribution in [-0.2, 0) is 13.1 Å². The number of hydroxylamine groups is 1. The molecular weight excluding hydrogens is 402 g/mol. The lowest BCUT2D eigenvalue weighted by Gasteiger charge is -2.44. The molecule has 2 N–H and O–H groups in total. The number of aldehydes is 1. The van der Waals surface area contributed by atoms with Crippen LogP contribution in [0.4, 0.5) is 0 Å². The van der Waals surface area contributed by atoms with Crippen LogP contribution in [0.5, 0.6) is 0 Å². The summed E-state index contributed by atoms with van der Waals surface area (Å²) in [6, 6.07) is 20.2. The molecule has 6 heteroatoms. The number of nitrogens with zero attached hydrogens (tertiary/aromatic N) is 2. The number of benzene rings is 3. The Hall–Kier alpha value is -3.06. The van der Waals surface area contributed by atoms with Gasteiger partial charge in [-0.25, -0.2) is 5.48 Å². The topological polar surface area (TPSA) is 72.9 Å². The molecule has 32 heavy (non-hydrogen) atoms. The summed E-state index contributed by atoms with van der Waals surface area (Å²) in [6.07, 6.45) is 0.988. The smallest absolute Gasteiger partial charge is 0.274 e. The number of carbonyl (C=O) groups is 2. The molecule has 0 aromatic heterocycles. The van der Waals surface area contributed by atoms with Crippen LogP contribution in [0.2, 0.25) is 0 Å².